The van der Waals surface area contributed by atoms with E-state index in [-0.39, 0.29) is 5.56 Å². The van der Waals surface area contributed by atoms with Crippen LogP contribution in [0.3, 0.4) is 0 Å². The molecule has 0 saturated carbocycles. The van der Waals surface area contributed by atoms with Gasteiger partial charge in [0.2, 0.25) is 0 Å². The molecule has 2 aromatic heterocycles. The summed E-state index contributed by atoms with van der Waals surface area (Å²) in [6.45, 7) is 6.74. The van der Waals surface area contributed by atoms with Crippen LogP contribution in [0.15, 0.2) is 23.1 Å². The zero-order chi connectivity index (χ0) is 18.5. The van der Waals surface area contributed by atoms with Crippen LogP contribution in [0.25, 0.3) is 11.4 Å². The van der Waals surface area contributed by atoms with Crippen LogP contribution in [0.1, 0.15) is 24.1 Å². The van der Waals surface area contributed by atoms with Crippen LogP contribution in [0.2, 0.25) is 0 Å². The van der Waals surface area contributed by atoms with Crippen molar-refractivity contribution in [2.75, 3.05) is 38.3 Å². The third kappa shape index (κ3) is 4.28. The van der Waals surface area contributed by atoms with Crippen LogP contribution in [0.4, 0.5) is 5.82 Å². The minimum atomic E-state index is -0.105. The molecule has 1 aliphatic rings. The Hall–Kier alpha value is -2.25. The van der Waals surface area contributed by atoms with E-state index in [1.165, 1.54) is 0 Å². The van der Waals surface area contributed by atoms with Gasteiger partial charge >= 0.3 is 0 Å². The molecule has 1 N–H and O–H groups in total. The SMILES string of the molecule is COCCOC1CCN(c2ccc(-c3nc(C)c(C)c(=O)[nH]3)cn2)CC1. The summed E-state index contributed by atoms with van der Waals surface area (Å²) in [7, 11) is 1.68. The number of H-pyrrole nitrogens is 1. The van der Waals surface area contributed by atoms with E-state index in [4.69, 9.17) is 9.47 Å². The lowest BCUT2D eigenvalue weighted by atomic mass is 10.1. The van der Waals surface area contributed by atoms with Crippen molar-refractivity contribution in [2.24, 2.45) is 0 Å². The van der Waals surface area contributed by atoms with Gasteiger partial charge in [0.15, 0.2) is 0 Å². The van der Waals surface area contributed by atoms with Gasteiger partial charge in [-0.3, -0.25) is 4.79 Å². The second-order valence-electron chi connectivity index (χ2n) is 6.58. The molecule has 0 amide bonds. The van der Waals surface area contributed by atoms with E-state index in [1.54, 1.807) is 20.2 Å². The van der Waals surface area contributed by atoms with Gasteiger partial charge in [0.1, 0.15) is 11.6 Å². The summed E-state index contributed by atoms with van der Waals surface area (Å²) in [4.78, 5) is 26.0. The molecule has 1 aliphatic heterocycles. The van der Waals surface area contributed by atoms with E-state index in [1.807, 2.05) is 19.1 Å². The highest BCUT2D eigenvalue weighted by molar-refractivity contribution is 5.56. The number of aromatic nitrogens is 3. The van der Waals surface area contributed by atoms with Crippen molar-refractivity contribution in [3.05, 3.63) is 39.9 Å². The maximum Gasteiger partial charge on any atom is 0.254 e. The Labute approximate surface area is 153 Å². The predicted octanol–water partition coefficient (Wildman–Crippen LogP) is 2.08. The fourth-order valence-electron chi connectivity index (χ4n) is 3.04. The van der Waals surface area contributed by atoms with Crippen LogP contribution in [0.5, 0.6) is 0 Å². The molecule has 3 heterocycles. The molecule has 0 aromatic carbocycles. The van der Waals surface area contributed by atoms with Gasteiger partial charge in [0.05, 0.1) is 19.3 Å². The van der Waals surface area contributed by atoms with Crippen molar-refractivity contribution in [2.45, 2.75) is 32.8 Å². The van der Waals surface area contributed by atoms with Gasteiger partial charge in [-0.25, -0.2) is 9.97 Å². The average Bonchev–Trinajstić information content (AvgIpc) is 2.67. The molecule has 0 atom stereocenters. The molecule has 0 radical (unpaired) electrons. The minimum absolute atomic E-state index is 0.105. The van der Waals surface area contributed by atoms with E-state index in [9.17, 15) is 4.79 Å². The number of nitrogens with one attached hydrogen (secondary N) is 1. The Bertz CT molecular complexity index is 780. The predicted molar refractivity (Wildman–Crippen MR) is 101 cm³/mol. The molecule has 1 saturated heterocycles. The van der Waals surface area contributed by atoms with Gasteiger partial charge in [-0.15, -0.1) is 0 Å². The third-order valence-corrected chi connectivity index (χ3v) is 4.82. The highest BCUT2D eigenvalue weighted by Crippen LogP contribution is 2.22. The summed E-state index contributed by atoms with van der Waals surface area (Å²) < 4.78 is 10.8. The van der Waals surface area contributed by atoms with Crippen LogP contribution in [0, 0.1) is 13.8 Å². The molecule has 0 aliphatic carbocycles. The number of aromatic amines is 1. The van der Waals surface area contributed by atoms with E-state index in [0.717, 1.165) is 43.0 Å². The van der Waals surface area contributed by atoms with E-state index >= 15 is 0 Å². The number of anilines is 1. The van der Waals surface area contributed by atoms with Crippen molar-refractivity contribution >= 4 is 5.82 Å². The van der Waals surface area contributed by atoms with Crippen LogP contribution < -0.4 is 10.5 Å². The summed E-state index contributed by atoms with van der Waals surface area (Å²) in [5.41, 5.74) is 2.09. The summed E-state index contributed by atoms with van der Waals surface area (Å²) in [6.07, 6.45) is 4.03. The molecular weight excluding hydrogens is 332 g/mol. The zero-order valence-corrected chi connectivity index (χ0v) is 15.6. The molecule has 7 nitrogen and oxygen atoms in total. The number of methoxy groups -OCH3 is 1. The second kappa shape index (κ2) is 8.42. The van der Waals surface area contributed by atoms with Crippen molar-refractivity contribution in [1.82, 2.24) is 15.0 Å². The molecule has 2 aromatic rings. The van der Waals surface area contributed by atoms with Crippen molar-refractivity contribution in [3.63, 3.8) is 0 Å². The molecule has 0 bridgehead atoms. The molecule has 1 fully saturated rings. The van der Waals surface area contributed by atoms with Crippen LogP contribution in [-0.2, 0) is 9.47 Å². The van der Waals surface area contributed by atoms with Gasteiger partial charge in [-0.1, -0.05) is 0 Å². The molecular formula is C19H26N4O3. The quantitative estimate of drug-likeness (QED) is 0.797. The Balaban J connectivity index is 1.63. The Morgan fingerprint density at radius 2 is 2.00 bits per heavy atom. The van der Waals surface area contributed by atoms with Gasteiger partial charge in [0.25, 0.3) is 5.56 Å². The van der Waals surface area contributed by atoms with Crippen molar-refractivity contribution in [3.8, 4) is 11.4 Å². The summed E-state index contributed by atoms with van der Waals surface area (Å²) in [6, 6.07) is 3.94. The van der Waals surface area contributed by atoms with Gasteiger partial charge in [0, 0.05) is 43.2 Å². The molecule has 3 rings (SSSR count). The van der Waals surface area contributed by atoms with E-state index < -0.39 is 0 Å². The number of ether oxygens (including phenoxy) is 2. The third-order valence-electron chi connectivity index (χ3n) is 4.82. The lowest BCUT2D eigenvalue weighted by molar-refractivity contribution is 0.00604. The van der Waals surface area contributed by atoms with Crippen molar-refractivity contribution in [1.29, 1.82) is 0 Å². The number of piperidine rings is 1. The number of rotatable bonds is 6. The largest absolute Gasteiger partial charge is 0.382 e. The molecule has 0 spiro atoms. The first-order valence-electron chi connectivity index (χ1n) is 8.98. The Morgan fingerprint density at radius 1 is 1.23 bits per heavy atom. The highest BCUT2D eigenvalue weighted by Gasteiger charge is 2.20. The highest BCUT2D eigenvalue weighted by atomic mass is 16.5. The van der Waals surface area contributed by atoms with Crippen LogP contribution in [-0.4, -0.2) is 54.5 Å². The first kappa shape index (κ1) is 18.5. The standard InChI is InChI=1S/C19H26N4O3/c1-13-14(2)21-18(22-19(13)24)15-4-5-17(20-12-15)23-8-6-16(7-9-23)26-11-10-25-3/h4-5,12,16H,6-11H2,1-3H3,(H,21,22,24). The van der Waals surface area contributed by atoms with Gasteiger partial charge < -0.3 is 19.4 Å². The second-order valence-corrected chi connectivity index (χ2v) is 6.58. The first-order chi connectivity index (χ1) is 12.6. The topological polar surface area (TPSA) is 80.3 Å². The number of aryl methyl sites for hydroxylation is 1. The maximum absolute atomic E-state index is 11.9. The first-order valence-corrected chi connectivity index (χ1v) is 8.98. The van der Waals surface area contributed by atoms with Crippen LogP contribution >= 0.6 is 0 Å². The molecule has 140 valence electrons. The molecule has 7 heteroatoms. The number of nitrogens with zero attached hydrogens (tertiary/aromatic N) is 3. The number of hydrogen-bond donors (Lipinski definition) is 1. The van der Waals surface area contributed by atoms with E-state index in [0.29, 0.717) is 30.7 Å². The molecule has 26 heavy (non-hydrogen) atoms. The minimum Gasteiger partial charge on any atom is -0.382 e. The van der Waals surface area contributed by atoms with Gasteiger partial charge in [-0.05, 0) is 38.8 Å². The number of hydrogen-bond acceptors (Lipinski definition) is 6. The fourth-order valence-corrected chi connectivity index (χ4v) is 3.04. The van der Waals surface area contributed by atoms with Crippen molar-refractivity contribution < 1.29 is 9.47 Å². The molecule has 0 unspecified atom stereocenters. The van der Waals surface area contributed by atoms with Gasteiger partial charge in [-0.2, -0.15) is 0 Å². The van der Waals surface area contributed by atoms with E-state index in [2.05, 4.69) is 19.9 Å². The number of pyridine rings is 1. The monoisotopic (exact) mass is 358 g/mol. The fraction of sp³-hybridized carbons (Fsp3) is 0.526. The average molecular weight is 358 g/mol. The Kier molecular flexibility index (Phi) is 6.00. The zero-order valence-electron chi connectivity index (χ0n) is 15.6. The lowest BCUT2D eigenvalue weighted by Crippen LogP contribution is -2.37. The normalized spacial score (nSPS) is 15.4. The lowest BCUT2D eigenvalue weighted by Gasteiger charge is -2.32. The summed E-state index contributed by atoms with van der Waals surface area (Å²) >= 11 is 0. The summed E-state index contributed by atoms with van der Waals surface area (Å²) in [5, 5.41) is 0. The Morgan fingerprint density at radius 3 is 2.62 bits per heavy atom. The summed E-state index contributed by atoms with van der Waals surface area (Å²) in [5.74, 6) is 1.50. The smallest absolute Gasteiger partial charge is 0.254 e. The maximum atomic E-state index is 11.9.